The van der Waals surface area contributed by atoms with E-state index in [-0.39, 0.29) is 5.48 Å². The number of hydrogen-bond donors (Lipinski definition) is 1. The highest BCUT2D eigenvalue weighted by molar-refractivity contribution is 4.55. The molecule has 0 radical (unpaired) electrons. The van der Waals surface area contributed by atoms with Crippen molar-refractivity contribution < 1.29 is 10.2 Å². The Balaban J connectivity index is 0. The molecule has 0 bridgehead atoms. The first-order valence-corrected chi connectivity index (χ1v) is 5.62. The molecule has 0 aliphatic rings. The van der Waals surface area contributed by atoms with Crippen LogP contribution in [-0.4, -0.2) is 25.2 Å². The van der Waals surface area contributed by atoms with Crippen molar-refractivity contribution in [1.29, 1.82) is 0 Å². The summed E-state index contributed by atoms with van der Waals surface area (Å²) in [6.45, 7) is 6.98. The van der Waals surface area contributed by atoms with Crippen molar-refractivity contribution in [2.24, 2.45) is 11.7 Å². The summed E-state index contributed by atoms with van der Waals surface area (Å²) in [5.74, 6) is 0.762. The molecule has 0 rings (SSSR count). The first kappa shape index (κ1) is 16.3. The van der Waals surface area contributed by atoms with Crippen molar-refractivity contribution in [3.05, 3.63) is 0 Å². The maximum Gasteiger partial charge on any atom is 0.0494 e. The summed E-state index contributed by atoms with van der Waals surface area (Å²) in [5, 5.41) is 0. The van der Waals surface area contributed by atoms with Crippen LogP contribution in [-0.2, 0) is 4.74 Å². The fourth-order valence-electron chi connectivity index (χ4n) is 1.33. The van der Waals surface area contributed by atoms with Crippen molar-refractivity contribution in [3.8, 4) is 0 Å². The van der Waals surface area contributed by atoms with Crippen LogP contribution >= 0.6 is 0 Å². The second kappa shape index (κ2) is 12.9. The number of ether oxygens (including phenoxy) is 1. The minimum atomic E-state index is 0. The first-order chi connectivity index (χ1) is 6.35. The molecule has 0 aliphatic heterocycles. The minimum absolute atomic E-state index is 0. The summed E-state index contributed by atoms with van der Waals surface area (Å²) in [6.07, 6.45) is 6.17. The second-order valence-electron chi connectivity index (χ2n) is 3.63. The van der Waals surface area contributed by atoms with E-state index in [0.29, 0.717) is 0 Å². The van der Waals surface area contributed by atoms with Gasteiger partial charge in [0, 0.05) is 13.2 Å². The average Bonchev–Trinajstić information content (AvgIpc) is 2.17. The smallest absolute Gasteiger partial charge is 0.0494 e. The van der Waals surface area contributed by atoms with E-state index in [2.05, 4.69) is 13.8 Å². The quantitative estimate of drug-likeness (QED) is 0.583. The third-order valence-corrected chi connectivity index (χ3v) is 2.39. The van der Waals surface area contributed by atoms with E-state index in [1.54, 1.807) is 0 Å². The lowest BCUT2D eigenvalue weighted by atomic mass is 10.0. The lowest BCUT2D eigenvalue weighted by molar-refractivity contribution is 0.0933. The van der Waals surface area contributed by atoms with E-state index in [4.69, 9.17) is 10.5 Å². The van der Waals surface area contributed by atoms with Crippen molar-refractivity contribution in [2.45, 2.75) is 46.0 Å². The average molecular weight is 205 g/mol. The normalized spacial score (nSPS) is 12.2. The zero-order chi connectivity index (χ0) is 9.94. The van der Waals surface area contributed by atoms with Gasteiger partial charge in [0.25, 0.3) is 0 Å². The topological polar surface area (TPSA) is 66.8 Å². The van der Waals surface area contributed by atoms with Crippen molar-refractivity contribution >= 4 is 0 Å². The summed E-state index contributed by atoms with van der Waals surface area (Å²) in [6, 6.07) is 0. The van der Waals surface area contributed by atoms with Crippen molar-refractivity contribution in [3.63, 3.8) is 0 Å². The largest absolute Gasteiger partial charge is 0.412 e. The molecule has 1 unspecified atom stereocenters. The number of nitrogens with two attached hydrogens (primary N) is 1. The molecule has 0 fully saturated rings. The van der Waals surface area contributed by atoms with E-state index >= 15 is 0 Å². The molecule has 0 saturated carbocycles. The summed E-state index contributed by atoms with van der Waals surface area (Å²) < 4.78 is 5.54. The number of hydrogen-bond acceptors (Lipinski definition) is 2. The summed E-state index contributed by atoms with van der Waals surface area (Å²) in [5.41, 5.74) is 5.38. The SMILES string of the molecule is CCCCC(CC)COCCCN.O. The molecule has 3 nitrogen and oxygen atoms in total. The van der Waals surface area contributed by atoms with Gasteiger partial charge in [0.05, 0.1) is 0 Å². The van der Waals surface area contributed by atoms with Gasteiger partial charge in [-0.2, -0.15) is 0 Å². The van der Waals surface area contributed by atoms with Crippen LogP contribution in [0.3, 0.4) is 0 Å². The van der Waals surface area contributed by atoms with E-state index in [1.807, 2.05) is 0 Å². The van der Waals surface area contributed by atoms with Gasteiger partial charge >= 0.3 is 0 Å². The van der Waals surface area contributed by atoms with Gasteiger partial charge in [0.15, 0.2) is 0 Å². The molecule has 0 aromatic rings. The number of unbranched alkanes of at least 4 members (excludes halogenated alkanes) is 1. The highest BCUT2D eigenvalue weighted by Gasteiger charge is 2.04. The Morgan fingerprint density at radius 1 is 1.21 bits per heavy atom. The Kier molecular flexibility index (Phi) is 15.0. The molecule has 0 aromatic heterocycles. The highest BCUT2D eigenvalue weighted by Crippen LogP contribution is 2.12. The molecule has 0 saturated heterocycles. The standard InChI is InChI=1S/C11H25NO.H2O/c1-3-5-7-11(4-2)10-13-9-6-8-12;/h11H,3-10,12H2,1-2H3;1H2. The maximum atomic E-state index is 5.54. The lowest BCUT2D eigenvalue weighted by Crippen LogP contribution is -2.11. The Morgan fingerprint density at radius 3 is 2.43 bits per heavy atom. The molecule has 0 spiro atoms. The zero-order valence-electron chi connectivity index (χ0n) is 9.72. The van der Waals surface area contributed by atoms with Crippen LogP contribution in [0.25, 0.3) is 0 Å². The minimum Gasteiger partial charge on any atom is -0.412 e. The van der Waals surface area contributed by atoms with Crippen molar-refractivity contribution in [1.82, 2.24) is 0 Å². The molecule has 14 heavy (non-hydrogen) atoms. The van der Waals surface area contributed by atoms with Gasteiger partial charge in [0.1, 0.15) is 0 Å². The van der Waals surface area contributed by atoms with Crippen LogP contribution in [0.1, 0.15) is 46.0 Å². The molecule has 88 valence electrons. The van der Waals surface area contributed by atoms with Gasteiger partial charge in [-0.25, -0.2) is 0 Å². The third kappa shape index (κ3) is 9.96. The molecule has 0 amide bonds. The van der Waals surface area contributed by atoms with Crippen LogP contribution < -0.4 is 5.73 Å². The predicted octanol–water partition coefficient (Wildman–Crippen LogP) is 1.74. The second-order valence-corrected chi connectivity index (χ2v) is 3.63. The maximum absolute atomic E-state index is 5.54. The Hall–Kier alpha value is -0.120. The Morgan fingerprint density at radius 2 is 1.93 bits per heavy atom. The predicted molar refractivity (Wildman–Crippen MR) is 61.4 cm³/mol. The molecular weight excluding hydrogens is 178 g/mol. The first-order valence-electron chi connectivity index (χ1n) is 5.62. The van der Waals surface area contributed by atoms with Gasteiger partial charge in [-0.3, -0.25) is 0 Å². The highest BCUT2D eigenvalue weighted by atomic mass is 16.5. The van der Waals surface area contributed by atoms with Gasteiger partial charge in [-0.15, -0.1) is 0 Å². The summed E-state index contributed by atoms with van der Waals surface area (Å²) in [4.78, 5) is 0. The Labute approximate surface area is 88.3 Å². The van der Waals surface area contributed by atoms with E-state index in [9.17, 15) is 0 Å². The Bertz CT molecular complexity index is 99.3. The summed E-state index contributed by atoms with van der Waals surface area (Å²) >= 11 is 0. The molecule has 0 aromatic carbocycles. The van der Waals surface area contributed by atoms with Gasteiger partial charge in [0.2, 0.25) is 0 Å². The monoisotopic (exact) mass is 205 g/mol. The van der Waals surface area contributed by atoms with Crippen LogP contribution in [0.5, 0.6) is 0 Å². The number of rotatable bonds is 9. The fourth-order valence-corrected chi connectivity index (χ4v) is 1.33. The van der Waals surface area contributed by atoms with Crippen LogP contribution in [0.15, 0.2) is 0 Å². The van der Waals surface area contributed by atoms with Gasteiger partial charge in [-0.05, 0) is 25.3 Å². The fraction of sp³-hybridized carbons (Fsp3) is 1.00. The molecule has 0 heterocycles. The van der Waals surface area contributed by atoms with E-state index in [1.165, 1.54) is 25.7 Å². The molecular formula is C11H27NO2. The van der Waals surface area contributed by atoms with Crippen LogP contribution in [0.4, 0.5) is 0 Å². The zero-order valence-corrected chi connectivity index (χ0v) is 9.72. The molecule has 0 aliphatic carbocycles. The molecule has 4 N–H and O–H groups in total. The van der Waals surface area contributed by atoms with E-state index < -0.39 is 0 Å². The summed E-state index contributed by atoms with van der Waals surface area (Å²) in [7, 11) is 0. The van der Waals surface area contributed by atoms with Crippen molar-refractivity contribution in [2.75, 3.05) is 19.8 Å². The van der Waals surface area contributed by atoms with E-state index in [0.717, 1.165) is 32.1 Å². The van der Waals surface area contributed by atoms with Gasteiger partial charge < -0.3 is 15.9 Å². The van der Waals surface area contributed by atoms with Gasteiger partial charge in [-0.1, -0.05) is 33.1 Å². The van der Waals surface area contributed by atoms with Crippen LogP contribution in [0, 0.1) is 5.92 Å². The third-order valence-electron chi connectivity index (χ3n) is 2.39. The molecule has 1 atom stereocenters. The lowest BCUT2D eigenvalue weighted by Gasteiger charge is -2.14. The van der Waals surface area contributed by atoms with Crippen LogP contribution in [0.2, 0.25) is 0 Å². The molecule has 3 heteroatoms.